The molecule has 0 bridgehead atoms. The summed E-state index contributed by atoms with van der Waals surface area (Å²) >= 11 is 0. The lowest BCUT2D eigenvalue weighted by Gasteiger charge is -2.30. The predicted octanol–water partition coefficient (Wildman–Crippen LogP) is 4.60. The van der Waals surface area contributed by atoms with E-state index >= 15 is 0 Å². The summed E-state index contributed by atoms with van der Waals surface area (Å²) in [7, 11) is 0. The van der Waals surface area contributed by atoms with Gasteiger partial charge in [-0.25, -0.2) is 8.78 Å². The van der Waals surface area contributed by atoms with Crippen LogP contribution in [-0.4, -0.2) is 17.7 Å². The van der Waals surface area contributed by atoms with Gasteiger partial charge in [-0.05, 0) is 34.9 Å². The topological polar surface area (TPSA) is 50.1 Å². The number of ether oxygens (including phenoxy) is 1. The third-order valence-electron chi connectivity index (χ3n) is 5.39. The lowest BCUT2D eigenvalue weighted by molar-refractivity contribution is -0.114. The number of nitriles is 1. The maximum absolute atomic E-state index is 14.1. The van der Waals surface area contributed by atoms with Crippen molar-refractivity contribution in [1.82, 2.24) is 0 Å². The van der Waals surface area contributed by atoms with Crippen molar-refractivity contribution in [2.45, 2.75) is 0 Å². The van der Waals surface area contributed by atoms with Gasteiger partial charge in [0.2, 0.25) is 5.78 Å². The Labute approximate surface area is 196 Å². The third-order valence-corrected chi connectivity index (χ3v) is 9.63. The monoisotopic (exact) mass is 471 g/mol. The van der Waals surface area contributed by atoms with Gasteiger partial charge in [-0.15, -0.1) is 0 Å². The van der Waals surface area contributed by atoms with Gasteiger partial charge in [0.1, 0.15) is 17.2 Å². The highest BCUT2D eigenvalue weighted by Crippen LogP contribution is 2.46. The first-order valence-electron chi connectivity index (χ1n) is 10.5. The van der Waals surface area contributed by atoms with E-state index < -0.39 is 30.9 Å². The molecule has 0 saturated heterocycles. The first-order valence-corrected chi connectivity index (χ1v) is 12.3. The number of hydrogen-bond donors (Lipinski definition) is 0. The Morgan fingerprint density at radius 1 is 0.765 bits per heavy atom. The van der Waals surface area contributed by atoms with E-state index in [0.717, 1.165) is 28.0 Å². The lowest BCUT2D eigenvalue weighted by atomic mass is 10.3. The van der Waals surface area contributed by atoms with Crippen molar-refractivity contribution in [2.24, 2.45) is 0 Å². The Balaban J connectivity index is 1.96. The minimum absolute atomic E-state index is 0.0404. The zero-order valence-electron chi connectivity index (χ0n) is 18.1. The second-order valence-electron chi connectivity index (χ2n) is 7.42. The fraction of sp³-hybridized carbons (Fsp3) is 0.0357. The van der Waals surface area contributed by atoms with Crippen molar-refractivity contribution in [3.8, 4) is 11.8 Å². The number of ketones is 1. The molecule has 0 spiro atoms. The first kappa shape index (κ1) is 23.2. The molecule has 0 aliphatic heterocycles. The molecule has 6 heteroatoms. The molecule has 4 rings (SSSR count). The summed E-state index contributed by atoms with van der Waals surface area (Å²) in [6.45, 7) is -3.44. The summed E-state index contributed by atoms with van der Waals surface area (Å²) in [4.78, 5) is 13.5. The second-order valence-corrected chi connectivity index (χ2v) is 10.8. The average Bonchev–Trinajstić information content (AvgIpc) is 2.88. The molecule has 0 radical (unpaired) electrons. The average molecular weight is 471 g/mol. The zero-order valence-corrected chi connectivity index (χ0v) is 19.0. The van der Waals surface area contributed by atoms with Crippen LogP contribution >= 0.6 is 6.89 Å². The van der Waals surface area contributed by atoms with Crippen LogP contribution in [0, 0.1) is 23.0 Å². The highest BCUT2D eigenvalue weighted by Gasteiger charge is 2.33. The number of rotatable bonds is 7. The van der Waals surface area contributed by atoms with Gasteiger partial charge in [0.05, 0.1) is 0 Å². The third kappa shape index (κ3) is 4.41. The molecule has 0 N–H and O–H groups in total. The Hall–Kier alpha value is -4.00. The molecule has 168 valence electrons. The summed E-state index contributed by atoms with van der Waals surface area (Å²) in [6, 6.07) is 33.4. The van der Waals surface area contributed by atoms with Crippen LogP contribution in [0.4, 0.5) is 8.78 Å². The summed E-state index contributed by atoms with van der Waals surface area (Å²) in [5, 5.41) is 12.9. The molecule has 0 amide bonds. The van der Waals surface area contributed by atoms with E-state index in [2.05, 4.69) is 6.07 Å². The molecule has 0 unspecified atom stereocenters. The summed E-state index contributed by atoms with van der Waals surface area (Å²) in [5.41, 5.74) is 0. The van der Waals surface area contributed by atoms with Crippen LogP contribution in [0.5, 0.6) is 5.75 Å². The van der Waals surface area contributed by atoms with Gasteiger partial charge < -0.3 is 4.74 Å². The quantitative estimate of drug-likeness (QED) is 0.370. The van der Waals surface area contributed by atoms with E-state index in [9.17, 15) is 18.8 Å². The van der Waals surface area contributed by atoms with E-state index in [1.807, 2.05) is 91.0 Å². The lowest BCUT2D eigenvalue weighted by Crippen LogP contribution is -2.34. The zero-order chi connectivity index (χ0) is 24.0. The van der Waals surface area contributed by atoms with Gasteiger partial charge in [-0.1, -0.05) is 91.0 Å². The second kappa shape index (κ2) is 10.3. The van der Waals surface area contributed by atoms with Crippen LogP contribution in [0.15, 0.2) is 109 Å². The predicted molar refractivity (Wildman–Crippen MR) is 133 cm³/mol. The largest absolute Gasteiger partial charge is 0.482 e. The molecule has 3 nitrogen and oxygen atoms in total. The molecular formula is C28H20F2NO2P. The maximum atomic E-state index is 14.1. The first-order chi connectivity index (χ1) is 16.6. The number of nitrogens with zero attached hydrogens (tertiary/aromatic N) is 1. The Morgan fingerprint density at radius 2 is 1.24 bits per heavy atom. The van der Waals surface area contributed by atoms with Crippen molar-refractivity contribution < 1.29 is 18.3 Å². The summed E-state index contributed by atoms with van der Waals surface area (Å²) in [6.07, 6.45) is 0. The number of hydrogen-bond acceptors (Lipinski definition) is 3. The molecule has 4 aromatic carbocycles. The number of halogens is 2. The van der Waals surface area contributed by atoms with E-state index in [1.165, 1.54) is 0 Å². The highest BCUT2D eigenvalue weighted by molar-refractivity contribution is 7.96. The van der Waals surface area contributed by atoms with E-state index in [1.54, 1.807) is 0 Å². The van der Waals surface area contributed by atoms with Crippen LogP contribution in [0.3, 0.4) is 0 Å². The van der Waals surface area contributed by atoms with Crippen molar-refractivity contribution in [3.63, 3.8) is 0 Å². The van der Waals surface area contributed by atoms with Gasteiger partial charge in [0, 0.05) is 6.07 Å². The molecule has 0 saturated carbocycles. The van der Waals surface area contributed by atoms with Crippen molar-refractivity contribution in [3.05, 3.63) is 121 Å². The fourth-order valence-corrected chi connectivity index (χ4v) is 8.03. The van der Waals surface area contributed by atoms with Crippen molar-refractivity contribution in [2.75, 3.05) is 6.61 Å². The standard InChI is InChI=1S/C28H20F2NO2P/c29-21-16-17-27(25(30)18-21)33-20-26(32)28(19-31)34(22-10-4-1-5-11-22,23-12-6-2-7-13-23)24-14-8-3-9-15-24/h1-18H,20H2. The van der Waals surface area contributed by atoms with Crippen molar-refractivity contribution in [1.29, 1.82) is 5.26 Å². The number of carbonyl (C=O) groups is 1. The Morgan fingerprint density at radius 3 is 1.65 bits per heavy atom. The van der Waals surface area contributed by atoms with Gasteiger partial charge in [0.15, 0.2) is 18.2 Å². The minimum atomic E-state index is -2.89. The van der Waals surface area contributed by atoms with Gasteiger partial charge in [-0.2, -0.15) is 5.26 Å². The molecular weight excluding hydrogens is 451 g/mol. The van der Waals surface area contributed by atoms with Crippen LogP contribution in [-0.2, 0) is 4.79 Å². The summed E-state index contributed by atoms with van der Waals surface area (Å²) < 4.78 is 32.7. The van der Waals surface area contributed by atoms with Crippen LogP contribution < -0.4 is 20.7 Å². The molecule has 0 aromatic heterocycles. The number of Topliss-reactive ketones (excluding diaryl/α,β-unsaturated/α-hetero) is 1. The van der Waals surface area contributed by atoms with E-state index in [-0.39, 0.29) is 11.0 Å². The van der Waals surface area contributed by atoms with Crippen LogP contribution in [0.1, 0.15) is 0 Å². The molecule has 0 atom stereocenters. The number of benzene rings is 4. The smallest absolute Gasteiger partial charge is 0.211 e. The molecule has 0 aliphatic carbocycles. The minimum Gasteiger partial charge on any atom is -0.482 e. The SMILES string of the molecule is N#CC(C(=O)COc1ccc(F)cc1F)=P(c1ccccc1)(c1ccccc1)c1ccccc1. The fourth-order valence-electron chi connectivity index (χ4n) is 3.92. The molecule has 4 aromatic rings. The Kier molecular flexibility index (Phi) is 7.01. The molecule has 0 aliphatic rings. The van der Waals surface area contributed by atoms with Gasteiger partial charge in [-0.3, -0.25) is 4.79 Å². The molecule has 34 heavy (non-hydrogen) atoms. The van der Waals surface area contributed by atoms with Gasteiger partial charge >= 0.3 is 0 Å². The molecule has 0 fully saturated rings. The number of carbonyl (C=O) groups excluding carboxylic acids is 1. The van der Waals surface area contributed by atoms with Crippen LogP contribution in [0.2, 0.25) is 0 Å². The maximum Gasteiger partial charge on any atom is 0.211 e. The van der Waals surface area contributed by atoms with E-state index in [0.29, 0.717) is 6.07 Å². The van der Waals surface area contributed by atoms with Crippen LogP contribution in [0.25, 0.3) is 0 Å². The Bertz CT molecular complexity index is 1300. The van der Waals surface area contributed by atoms with E-state index in [4.69, 9.17) is 4.74 Å². The highest BCUT2D eigenvalue weighted by atomic mass is 31.2. The molecule has 0 heterocycles. The summed E-state index contributed by atoms with van der Waals surface area (Å²) in [5.74, 6) is -2.48. The normalized spacial score (nSPS) is 10.9. The van der Waals surface area contributed by atoms with Crippen molar-refractivity contribution >= 4 is 33.9 Å². The van der Waals surface area contributed by atoms with Gasteiger partial charge in [0.25, 0.3) is 0 Å².